The quantitative estimate of drug-likeness (QED) is 0.830. The van der Waals surface area contributed by atoms with Crippen molar-refractivity contribution < 1.29 is 4.74 Å². The maximum atomic E-state index is 5.58. The van der Waals surface area contributed by atoms with Crippen LogP contribution >= 0.6 is 27.3 Å². The van der Waals surface area contributed by atoms with Gasteiger partial charge in [-0.15, -0.1) is 11.3 Å². The maximum absolute atomic E-state index is 5.58. The number of hydrogen-bond acceptors (Lipinski definition) is 3. The van der Waals surface area contributed by atoms with E-state index in [2.05, 4.69) is 66.3 Å². The second-order valence-corrected chi connectivity index (χ2v) is 6.96. The van der Waals surface area contributed by atoms with Crippen LogP contribution in [0.4, 0.5) is 0 Å². The van der Waals surface area contributed by atoms with Gasteiger partial charge in [0, 0.05) is 19.8 Å². The van der Waals surface area contributed by atoms with Gasteiger partial charge in [0.2, 0.25) is 0 Å². The molecule has 0 amide bonds. The number of rotatable bonds is 5. The first-order valence-electron chi connectivity index (χ1n) is 6.70. The van der Waals surface area contributed by atoms with Gasteiger partial charge in [-0.25, -0.2) is 0 Å². The van der Waals surface area contributed by atoms with E-state index < -0.39 is 0 Å². The molecule has 2 nitrogen and oxygen atoms in total. The highest BCUT2D eigenvalue weighted by Crippen LogP contribution is 2.36. The molecule has 2 rings (SSSR count). The van der Waals surface area contributed by atoms with E-state index in [-0.39, 0.29) is 6.04 Å². The van der Waals surface area contributed by atoms with Gasteiger partial charge in [0.25, 0.3) is 0 Å². The molecule has 2 aromatic rings. The number of methoxy groups -OCH3 is 1. The summed E-state index contributed by atoms with van der Waals surface area (Å²) in [5.41, 5.74) is 2.36. The van der Waals surface area contributed by atoms with Crippen LogP contribution < -0.4 is 10.1 Å². The molecule has 1 aromatic heterocycles. The molecule has 0 saturated carbocycles. The molecule has 0 fully saturated rings. The smallest absolute Gasteiger partial charge is 0.124 e. The van der Waals surface area contributed by atoms with Gasteiger partial charge in [-0.3, -0.25) is 0 Å². The zero-order valence-electron chi connectivity index (χ0n) is 12.3. The molecule has 1 unspecified atom stereocenters. The lowest BCUT2D eigenvalue weighted by molar-refractivity contribution is 0.404. The number of nitrogens with one attached hydrogen (secondary N) is 1. The molecule has 1 aromatic carbocycles. The Morgan fingerprint density at radius 3 is 2.60 bits per heavy atom. The van der Waals surface area contributed by atoms with Crippen LogP contribution in [0.2, 0.25) is 0 Å². The molecule has 1 atom stereocenters. The van der Waals surface area contributed by atoms with Gasteiger partial charge in [-0.1, -0.05) is 22.9 Å². The van der Waals surface area contributed by atoms with Gasteiger partial charge in [-0.05, 0) is 50.2 Å². The Morgan fingerprint density at radius 1 is 1.30 bits per heavy atom. The van der Waals surface area contributed by atoms with Gasteiger partial charge in [0.1, 0.15) is 5.75 Å². The topological polar surface area (TPSA) is 21.3 Å². The highest BCUT2D eigenvalue weighted by Gasteiger charge is 2.20. The van der Waals surface area contributed by atoms with Crippen LogP contribution in [-0.2, 0) is 0 Å². The third-order valence-electron chi connectivity index (χ3n) is 3.28. The minimum absolute atomic E-state index is 0.172. The van der Waals surface area contributed by atoms with Crippen molar-refractivity contribution in [3.05, 3.63) is 49.6 Å². The first kappa shape index (κ1) is 15.5. The van der Waals surface area contributed by atoms with E-state index in [4.69, 9.17) is 4.74 Å². The summed E-state index contributed by atoms with van der Waals surface area (Å²) in [5, 5.41) is 3.56. The Bertz CT molecular complexity index is 594. The average molecular weight is 354 g/mol. The van der Waals surface area contributed by atoms with E-state index in [9.17, 15) is 0 Å². The fourth-order valence-corrected chi connectivity index (χ4v) is 3.58. The molecule has 0 bridgehead atoms. The first-order valence-corrected chi connectivity index (χ1v) is 8.31. The summed E-state index contributed by atoms with van der Waals surface area (Å²) in [4.78, 5) is 2.64. The largest absolute Gasteiger partial charge is 0.496 e. The molecular weight excluding hydrogens is 334 g/mol. The van der Waals surface area contributed by atoms with Crippen molar-refractivity contribution >= 4 is 27.3 Å². The number of thiophene rings is 1. The van der Waals surface area contributed by atoms with Crippen molar-refractivity contribution in [2.75, 3.05) is 13.7 Å². The molecule has 0 spiro atoms. The normalized spacial score (nSPS) is 12.4. The Hall–Kier alpha value is -0.840. The fourth-order valence-electron chi connectivity index (χ4n) is 2.25. The maximum Gasteiger partial charge on any atom is 0.124 e. The van der Waals surface area contributed by atoms with Crippen LogP contribution in [0.3, 0.4) is 0 Å². The summed E-state index contributed by atoms with van der Waals surface area (Å²) >= 11 is 5.45. The summed E-state index contributed by atoms with van der Waals surface area (Å²) in [5.74, 6) is 0.933. The molecule has 0 aliphatic carbocycles. The van der Waals surface area contributed by atoms with E-state index >= 15 is 0 Å². The van der Waals surface area contributed by atoms with E-state index in [1.807, 2.05) is 11.3 Å². The van der Waals surface area contributed by atoms with Gasteiger partial charge in [-0.2, -0.15) is 0 Å². The van der Waals surface area contributed by atoms with Crippen LogP contribution in [0.1, 0.15) is 33.8 Å². The Balaban J connectivity index is 2.51. The second-order valence-electron chi connectivity index (χ2n) is 4.78. The van der Waals surface area contributed by atoms with Crippen LogP contribution in [0.25, 0.3) is 0 Å². The Morgan fingerprint density at radius 2 is 2.05 bits per heavy atom. The zero-order valence-corrected chi connectivity index (χ0v) is 14.7. The van der Waals surface area contributed by atoms with Crippen molar-refractivity contribution in [1.29, 1.82) is 0 Å². The highest BCUT2D eigenvalue weighted by molar-refractivity contribution is 9.10. The van der Waals surface area contributed by atoms with Gasteiger partial charge >= 0.3 is 0 Å². The highest BCUT2D eigenvalue weighted by atomic mass is 79.9. The molecule has 108 valence electrons. The molecule has 0 radical (unpaired) electrons. The van der Waals surface area contributed by atoms with Crippen LogP contribution in [0.15, 0.2) is 28.7 Å². The Labute approximate surface area is 133 Å². The predicted octanol–water partition coefficient (Wildman–Crippen LogP) is 4.83. The minimum Gasteiger partial charge on any atom is -0.496 e. The second kappa shape index (κ2) is 6.74. The van der Waals surface area contributed by atoms with E-state index in [0.29, 0.717) is 0 Å². The number of halogens is 1. The van der Waals surface area contributed by atoms with Gasteiger partial charge in [0.05, 0.1) is 13.2 Å². The average Bonchev–Trinajstić information content (AvgIpc) is 2.85. The lowest BCUT2D eigenvalue weighted by Crippen LogP contribution is -2.21. The van der Waals surface area contributed by atoms with Crippen molar-refractivity contribution in [3.63, 3.8) is 0 Å². The summed E-state index contributed by atoms with van der Waals surface area (Å²) in [7, 11) is 1.73. The fraction of sp³-hybridized carbons (Fsp3) is 0.375. The lowest BCUT2D eigenvalue weighted by atomic mass is 10.0. The molecule has 1 heterocycles. The summed E-state index contributed by atoms with van der Waals surface area (Å²) < 4.78 is 6.70. The third-order valence-corrected chi connectivity index (χ3v) is 5.20. The number of benzene rings is 1. The van der Waals surface area contributed by atoms with Crippen LogP contribution in [0.5, 0.6) is 5.75 Å². The third kappa shape index (κ3) is 3.25. The molecular formula is C16H20BrNOS. The summed E-state index contributed by atoms with van der Waals surface area (Å²) in [6.45, 7) is 7.26. The summed E-state index contributed by atoms with van der Waals surface area (Å²) in [6, 6.07) is 8.78. The Kier molecular flexibility index (Phi) is 5.24. The molecule has 0 saturated heterocycles. The standard InChI is InChI=1S/C16H20BrNOS/c1-5-18-16(15-7-6-11(3)20-15)12-9-13(17)10(2)8-14(12)19-4/h6-9,16,18H,5H2,1-4H3. The van der Waals surface area contributed by atoms with E-state index in [1.165, 1.54) is 20.9 Å². The minimum atomic E-state index is 0.172. The summed E-state index contributed by atoms with van der Waals surface area (Å²) in [6.07, 6.45) is 0. The van der Waals surface area contributed by atoms with Crippen LogP contribution in [-0.4, -0.2) is 13.7 Å². The monoisotopic (exact) mass is 353 g/mol. The predicted molar refractivity (Wildman–Crippen MR) is 90.0 cm³/mol. The molecule has 0 aliphatic rings. The van der Waals surface area contributed by atoms with Crippen molar-refractivity contribution in [2.45, 2.75) is 26.8 Å². The SMILES string of the molecule is CCNC(c1ccc(C)s1)c1cc(Br)c(C)cc1OC. The van der Waals surface area contributed by atoms with E-state index in [1.54, 1.807) is 7.11 Å². The zero-order chi connectivity index (χ0) is 14.7. The van der Waals surface area contributed by atoms with Crippen molar-refractivity contribution in [3.8, 4) is 5.75 Å². The van der Waals surface area contributed by atoms with E-state index in [0.717, 1.165) is 16.8 Å². The molecule has 4 heteroatoms. The van der Waals surface area contributed by atoms with Gasteiger partial charge in [0.15, 0.2) is 0 Å². The van der Waals surface area contributed by atoms with Crippen molar-refractivity contribution in [2.24, 2.45) is 0 Å². The molecule has 20 heavy (non-hydrogen) atoms. The first-order chi connectivity index (χ1) is 9.56. The molecule has 0 aliphatic heterocycles. The van der Waals surface area contributed by atoms with Gasteiger partial charge < -0.3 is 10.1 Å². The number of aryl methyl sites for hydroxylation is 2. The number of hydrogen-bond donors (Lipinski definition) is 1. The molecule has 1 N–H and O–H groups in total. The van der Waals surface area contributed by atoms with Crippen LogP contribution in [0, 0.1) is 13.8 Å². The number of ether oxygens (including phenoxy) is 1. The lowest BCUT2D eigenvalue weighted by Gasteiger charge is -2.21. The van der Waals surface area contributed by atoms with Crippen molar-refractivity contribution in [1.82, 2.24) is 5.32 Å².